The van der Waals surface area contributed by atoms with Crippen LogP contribution in [0.25, 0.3) is 6.08 Å². The Bertz CT molecular complexity index is 479. The highest BCUT2D eigenvalue weighted by molar-refractivity contribution is 5.92. The van der Waals surface area contributed by atoms with Gasteiger partial charge in [0, 0.05) is 12.1 Å². The summed E-state index contributed by atoms with van der Waals surface area (Å²) in [6.45, 7) is 7.81. The number of nitrogens with two attached hydrogens (primary N) is 1. The number of hydrogen-bond donors (Lipinski definition) is 2. The summed E-state index contributed by atoms with van der Waals surface area (Å²) in [5, 5.41) is 2.77. The number of nitrogens with one attached hydrogen (secondary N) is 1. The van der Waals surface area contributed by atoms with Crippen LogP contribution in [0.15, 0.2) is 36.9 Å². The average Bonchev–Trinajstić information content (AvgIpc) is 2.34. The zero-order valence-corrected chi connectivity index (χ0v) is 11.3. The Kier molecular flexibility index (Phi) is 5.67. The van der Waals surface area contributed by atoms with E-state index in [-0.39, 0.29) is 11.9 Å². The lowest BCUT2D eigenvalue weighted by atomic mass is 10.1. The molecule has 102 valence electrons. The Balaban J connectivity index is 2.70. The van der Waals surface area contributed by atoms with Crippen LogP contribution in [0.1, 0.15) is 19.4 Å². The number of anilines is 1. The van der Waals surface area contributed by atoms with Gasteiger partial charge in [0.25, 0.3) is 0 Å². The Labute approximate surface area is 114 Å². The fourth-order valence-corrected chi connectivity index (χ4v) is 1.46. The van der Waals surface area contributed by atoms with Crippen molar-refractivity contribution in [1.29, 1.82) is 0 Å². The fourth-order valence-electron chi connectivity index (χ4n) is 1.46. The monoisotopic (exact) mass is 260 g/mol. The lowest BCUT2D eigenvalue weighted by Crippen LogP contribution is -2.28. The molecule has 0 saturated carbocycles. The van der Waals surface area contributed by atoms with E-state index in [1.807, 2.05) is 19.9 Å². The molecule has 0 heterocycles. The zero-order chi connectivity index (χ0) is 14.3. The smallest absolute Gasteiger partial charge is 0.244 e. The van der Waals surface area contributed by atoms with Gasteiger partial charge < -0.3 is 15.8 Å². The van der Waals surface area contributed by atoms with E-state index in [9.17, 15) is 4.79 Å². The Morgan fingerprint density at radius 1 is 1.53 bits per heavy atom. The van der Waals surface area contributed by atoms with Crippen LogP contribution in [0.4, 0.5) is 5.69 Å². The minimum Gasteiger partial charge on any atom is -0.487 e. The molecule has 4 heteroatoms. The van der Waals surface area contributed by atoms with E-state index in [0.29, 0.717) is 18.0 Å². The largest absolute Gasteiger partial charge is 0.487 e. The maximum Gasteiger partial charge on any atom is 0.244 e. The Morgan fingerprint density at radius 2 is 2.26 bits per heavy atom. The van der Waals surface area contributed by atoms with E-state index in [4.69, 9.17) is 10.5 Å². The molecule has 0 aliphatic heterocycles. The van der Waals surface area contributed by atoms with Crippen molar-refractivity contribution in [3.8, 4) is 5.75 Å². The maximum atomic E-state index is 11.5. The summed E-state index contributed by atoms with van der Waals surface area (Å²) in [6, 6.07) is 5.50. The fraction of sp³-hybridized carbons (Fsp3) is 0.267. The summed E-state index contributed by atoms with van der Waals surface area (Å²) in [5.41, 5.74) is 7.24. The molecule has 0 saturated heterocycles. The van der Waals surface area contributed by atoms with E-state index in [1.165, 1.54) is 6.08 Å². The van der Waals surface area contributed by atoms with Gasteiger partial charge in [-0.3, -0.25) is 4.79 Å². The number of benzene rings is 1. The predicted molar refractivity (Wildman–Crippen MR) is 78.9 cm³/mol. The third-order valence-corrected chi connectivity index (χ3v) is 2.25. The van der Waals surface area contributed by atoms with Gasteiger partial charge >= 0.3 is 0 Å². The average molecular weight is 260 g/mol. The summed E-state index contributed by atoms with van der Waals surface area (Å²) >= 11 is 0. The van der Waals surface area contributed by atoms with Gasteiger partial charge in [0.15, 0.2) is 0 Å². The van der Waals surface area contributed by atoms with E-state index >= 15 is 0 Å². The van der Waals surface area contributed by atoms with Crippen LogP contribution in [0.3, 0.4) is 0 Å². The molecule has 3 N–H and O–H groups in total. The molecule has 0 unspecified atom stereocenters. The van der Waals surface area contributed by atoms with Crippen LogP contribution in [0.5, 0.6) is 5.75 Å². The van der Waals surface area contributed by atoms with Crippen molar-refractivity contribution in [3.05, 3.63) is 42.5 Å². The van der Waals surface area contributed by atoms with Crippen molar-refractivity contribution in [1.82, 2.24) is 5.32 Å². The Morgan fingerprint density at radius 3 is 2.84 bits per heavy atom. The third-order valence-electron chi connectivity index (χ3n) is 2.25. The van der Waals surface area contributed by atoms with Gasteiger partial charge in [-0.15, -0.1) is 0 Å². The van der Waals surface area contributed by atoms with Gasteiger partial charge in [-0.1, -0.05) is 18.7 Å². The SMILES string of the molecule is C=CCOc1ccc(/C=C\C(=O)NC(C)C)cc1N. The molecular formula is C15H20N2O2. The van der Waals surface area contributed by atoms with Gasteiger partial charge in [-0.2, -0.15) is 0 Å². The summed E-state index contributed by atoms with van der Waals surface area (Å²) in [7, 11) is 0. The molecule has 0 radical (unpaired) electrons. The van der Waals surface area contributed by atoms with Crippen molar-refractivity contribution in [3.63, 3.8) is 0 Å². The van der Waals surface area contributed by atoms with Gasteiger partial charge in [0.05, 0.1) is 5.69 Å². The van der Waals surface area contributed by atoms with E-state index in [0.717, 1.165) is 5.56 Å². The summed E-state index contributed by atoms with van der Waals surface area (Å²) in [5.74, 6) is 0.490. The van der Waals surface area contributed by atoms with E-state index < -0.39 is 0 Å². The molecular weight excluding hydrogens is 240 g/mol. The molecule has 1 aromatic rings. The highest BCUT2D eigenvalue weighted by atomic mass is 16.5. The van der Waals surface area contributed by atoms with Crippen molar-refractivity contribution in [2.24, 2.45) is 0 Å². The number of amides is 1. The second kappa shape index (κ2) is 7.26. The standard InChI is InChI=1S/C15H20N2O2/c1-4-9-19-14-7-5-12(10-13(14)16)6-8-15(18)17-11(2)3/h4-8,10-11H,1,9,16H2,2-3H3,(H,17,18)/b8-6-. The molecule has 0 atom stereocenters. The highest BCUT2D eigenvalue weighted by Crippen LogP contribution is 2.23. The quantitative estimate of drug-likeness (QED) is 0.469. The van der Waals surface area contributed by atoms with Gasteiger partial charge in [-0.05, 0) is 37.6 Å². The molecule has 4 nitrogen and oxygen atoms in total. The molecule has 0 fully saturated rings. The lowest BCUT2D eigenvalue weighted by Gasteiger charge is -2.07. The lowest BCUT2D eigenvalue weighted by molar-refractivity contribution is -0.116. The van der Waals surface area contributed by atoms with Crippen molar-refractivity contribution >= 4 is 17.7 Å². The number of ether oxygens (including phenoxy) is 1. The van der Waals surface area contributed by atoms with Crippen molar-refractivity contribution in [2.75, 3.05) is 12.3 Å². The topological polar surface area (TPSA) is 64.3 Å². The van der Waals surface area contributed by atoms with Crippen molar-refractivity contribution < 1.29 is 9.53 Å². The second-order valence-corrected chi connectivity index (χ2v) is 4.39. The second-order valence-electron chi connectivity index (χ2n) is 4.39. The summed E-state index contributed by atoms with van der Waals surface area (Å²) < 4.78 is 5.37. The highest BCUT2D eigenvalue weighted by Gasteiger charge is 2.01. The minimum absolute atomic E-state index is 0.122. The van der Waals surface area contributed by atoms with Crippen LogP contribution in [0.2, 0.25) is 0 Å². The normalized spacial score (nSPS) is 10.7. The maximum absolute atomic E-state index is 11.5. The first-order chi connectivity index (χ1) is 9.02. The first kappa shape index (κ1) is 14.8. The van der Waals surface area contributed by atoms with Crippen LogP contribution in [-0.2, 0) is 4.79 Å². The number of rotatable bonds is 6. The van der Waals surface area contributed by atoms with Crippen LogP contribution in [-0.4, -0.2) is 18.6 Å². The van der Waals surface area contributed by atoms with Crippen LogP contribution in [0, 0.1) is 0 Å². The molecule has 1 aromatic carbocycles. The summed E-state index contributed by atoms with van der Waals surface area (Å²) in [4.78, 5) is 11.5. The molecule has 0 aliphatic rings. The Hall–Kier alpha value is -2.23. The van der Waals surface area contributed by atoms with E-state index in [1.54, 1.807) is 24.3 Å². The molecule has 0 spiro atoms. The van der Waals surface area contributed by atoms with Crippen LogP contribution < -0.4 is 15.8 Å². The number of carbonyl (C=O) groups is 1. The van der Waals surface area contributed by atoms with Crippen LogP contribution >= 0.6 is 0 Å². The van der Waals surface area contributed by atoms with E-state index in [2.05, 4.69) is 11.9 Å². The van der Waals surface area contributed by atoms with Gasteiger partial charge in [0.1, 0.15) is 12.4 Å². The molecule has 0 aromatic heterocycles. The number of nitrogen functional groups attached to an aromatic ring is 1. The number of carbonyl (C=O) groups excluding carboxylic acids is 1. The molecule has 1 amide bonds. The van der Waals surface area contributed by atoms with Gasteiger partial charge in [-0.25, -0.2) is 0 Å². The first-order valence-corrected chi connectivity index (χ1v) is 6.14. The molecule has 19 heavy (non-hydrogen) atoms. The molecule has 1 rings (SSSR count). The minimum atomic E-state index is -0.124. The molecule has 0 aliphatic carbocycles. The summed E-state index contributed by atoms with van der Waals surface area (Å²) in [6.07, 6.45) is 4.86. The third kappa shape index (κ3) is 5.29. The number of hydrogen-bond acceptors (Lipinski definition) is 3. The van der Waals surface area contributed by atoms with Crippen molar-refractivity contribution in [2.45, 2.75) is 19.9 Å². The first-order valence-electron chi connectivity index (χ1n) is 6.14. The zero-order valence-electron chi connectivity index (χ0n) is 11.3. The van der Waals surface area contributed by atoms with Gasteiger partial charge in [0.2, 0.25) is 5.91 Å². The molecule has 0 bridgehead atoms. The predicted octanol–water partition coefficient (Wildman–Crippen LogP) is 2.37.